The van der Waals surface area contributed by atoms with Crippen molar-refractivity contribution in [2.75, 3.05) is 12.4 Å². The minimum absolute atomic E-state index is 0.0168. The summed E-state index contributed by atoms with van der Waals surface area (Å²) in [5, 5.41) is 0. The topological polar surface area (TPSA) is 69.4 Å². The third-order valence-corrected chi connectivity index (χ3v) is 4.76. The molecule has 0 spiro atoms. The second-order valence-electron chi connectivity index (χ2n) is 5.03. The summed E-state index contributed by atoms with van der Waals surface area (Å²) in [6.07, 6.45) is 1.57. The van der Waals surface area contributed by atoms with Gasteiger partial charge in [-0.15, -0.1) is 0 Å². The lowest BCUT2D eigenvalue weighted by Crippen LogP contribution is -2.12. The molecule has 0 aromatic heterocycles. The second kappa shape index (κ2) is 7.64. The van der Waals surface area contributed by atoms with Crippen LogP contribution in [0.4, 0.5) is 0 Å². The fourth-order valence-corrected chi connectivity index (χ4v) is 3.54. The number of rotatable bonds is 8. The Hall–Kier alpha value is -1.07. The van der Waals surface area contributed by atoms with Crippen molar-refractivity contribution in [2.45, 2.75) is 45.4 Å². The van der Waals surface area contributed by atoms with Gasteiger partial charge in [0.25, 0.3) is 0 Å². The number of unbranched alkanes of at least 4 members (excludes halogenated alkanes) is 1. The average Bonchev–Trinajstić information content (AvgIpc) is 2.38. The van der Waals surface area contributed by atoms with E-state index in [1.807, 2.05) is 39.0 Å². The van der Waals surface area contributed by atoms with Crippen molar-refractivity contribution in [3.05, 3.63) is 29.3 Å². The number of benzene rings is 1. The SMILES string of the molecule is CCCCS(=O)(=O)Cc1cc(C(C)N)ccc1OCC. The van der Waals surface area contributed by atoms with E-state index in [0.29, 0.717) is 24.3 Å². The van der Waals surface area contributed by atoms with Crippen LogP contribution in [0.1, 0.15) is 50.8 Å². The highest BCUT2D eigenvalue weighted by molar-refractivity contribution is 7.90. The molecular weight excluding hydrogens is 274 g/mol. The van der Waals surface area contributed by atoms with Gasteiger partial charge in [0.15, 0.2) is 9.84 Å². The highest BCUT2D eigenvalue weighted by Gasteiger charge is 2.16. The predicted molar refractivity (Wildman–Crippen MR) is 82.6 cm³/mol. The van der Waals surface area contributed by atoms with Crippen molar-refractivity contribution in [1.29, 1.82) is 0 Å². The largest absolute Gasteiger partial charge is 0.494 e. The summed E-state index contributed by atoms with van der Waals surface area (Å²) in [6, 6.07) is 5.42. The fraction of sp³-hybridized carbons (Fsp3) is 0.600. The lowest BCUT2D eigenvalue weighted by molar-refractivity contribution is 0.337. The summed E-state index contributed by atoms with van der Waals surface area (Å²) in [6.45, 7) is 6.26. The molecule has 4 nitrogen and oxygen atoms in total. The van der Waals surface area contributed by atoms with E-state index in [1.165, 1.54) is 0 Å². The van der Waals surface area contributed by atoms with Gasteiger partial charge >= 0.3 is 0 Å². The molecule has 0 fully saturated rings. The first-order valence-electron chi connectivity index (χ1n) is 7.11. The van der Waals surface area contributed by atoms with E-state index in [-0.39, 0.29) is 17.5 Å². The molecule has 114 valence electrons. The third kappa shape index (κ3) is 5.13. The van der Waals surface area contributed by atoms with E-state index in [9.17, 15) is 8.42 Å². The average molecular weight is 299 g/mol. The maximum atomic E-state index is 12.1. The molecule has 0 heterocycles. The number of nitrogens with two attached hydrogens (primary N) is 1. The van der Waals surface area contributed by atoms with E-state index in [2.05, 4.69) is 0 Å². The van der Waals surface area contributed by atoms with Crippen molar-refractivity contribution < 1.29 is 13.2 Å². The van der Waals surface area contributed by atoms with Crippen LogP contribution in [0, 0.1) is 0 Å². The van der Waals surface area contributed by atoms with Gasteiger partial charge in [0.05, 0.1) is 18.1 Å². The molecule has 0 bridgehead atoms. The minimum atomic E-state index is -3.10. The second-order valence-corrected chi connectivity index (χ2v) is 7.22. The Labute approximate surface area is 122 Å². The van der Waals surface area contributed by atoms with Crippen molar-refractivity contribution in [1.82, 2.24) is 0 Å². The van der Waals surface area contributed by atoms with Crippen molar-refractivity contribution >= 4 is 9.84 Å². The molecule has 0 amide bonds. The summed E-state index contributed by atoms with van der Waals surface area (Å²) in [5.74, 6) is 0.873. The monoisotopic (exact) mass is 299 g/mol. The van der Waals surface area contributed by atoms with E-state index < -0.39 is 9.84 Å². The Morgan fingerprint density at radius 2 is 2.00 bits per heavy atom. The van der Waals surface area contributed by atoms with Crippen molar-refractivity contribution in [3.8, 4) is 5.75 Å². The van der Waals surface area contributed by atoms with Crippen LogP contribution < -0.4 is 10.5 Å². The lowest BCUT2D eigenvalue weighted by Gasteiger charge is -2.14. The maximum Gasteiger partial charge on any atom is 0.154 e. The quantitative estimate of drug-likeness (QED) is 0.801. The molecule has 0 saturated carbocycles. The van der Waals surface area contributed by atoms with E-state index in [0.717, 1.165) is 12.0 Å². The zero-order valence-electron chi connectivity index (χ0n) is 12.6. The first-order valence-corrected chi connectivity index (χ1v) is 8.93. The van der Waals surface area contributed by atoms with Gasteiger partial charge in [-0.2, -0.15) is 0 Å². The molecule has 0 aliphatic rings. The Morgan fingerprint density at radius 1 is 1.30 bits per heavy atom. The van der Waals surface area contributed by atoms with Crippen molar-refractivity contribution in [3.63, 3.8) is 0 Å². The molecule has 1 aromatic rings. The van der Waals surface area contributed by atoms with Crippen molar-refractivity contribution in [2.24, 2.45) is 5.73 Å². The summed E-state index contributed by atoms with van der Waals surface area (Å²) >= 11 is 0. The Morgan fingerprint density at radius 3 is 2.55 bits per heavy atom. The van der Waals surface area contributed by atoms with Gasteiger partial charge in [-0.05, 0) is 38.0 Å². The van der Waals surface area contributed by atoms with Crippen LogP contribution in [0.25, 0.3) is 0 Å². The molecule has 20 heavy (non-hydrogen) atoms. The summed E-state index contributed by atoms with van der Waals surface area (Å²) in [4.78, 5) is 0. The van der Waals surface area contributed by atoms with E-state index >= 15 is 0 Å². The summed E-state index contributed by atoms with van der Waals surface area (Å²) in [5.41, 5.74) is 7.49. The maximum absolute atomic E-state index is 12.1. The lowest BCUT2D eigenvalue weighted by atomic mass is 10.1. The molecule has 5 heteroatoms. The molecule has 2 N–H and O–H groups in total. The first-order chi connectivity index (χ1) is 9.39. The zero-order valence-corrected chi connectivity index (χ0v) is 13.4. The van der Waals surface area contributed by atoms with Gasteiger partial charge < -0.3 is 10.5 Å². The fourth-order valence-electron chi connectivity index (χ4n) is 1.97. The summed E-state index contributed by atoms with van der Waals surface area (Å²) in [7, 11) is -3.10. The molecular formula is C15H25NO3S. The molecule has 0 radical (unpaired) electrons. The minimum Gasteiger partial charge on any atom is -0.494 e. The molecule has 0 aliphatic carbocycles. The van der Waals surface area contributed by atoms with Gasteiger partial charge in [0.2, 0.25) is 0 Å². The number of hydrogen-bond acceptors (Lipinski definition) is 4. The van der Waals surface area contributed by atoms with Crippen LogP contribution in [0.3, 0.4) is 0 Å². The van der Waals surface area contributed by atoms with Crippen LogP contribution in [-0.4, -0.2) is 20.8 Å². The van der Waals surface area contributed by atoms with Crippen LogP contribution in [-0.2, 0) is 15.6 Å². The van der Waals surface area contributed by atoms with Crippen LogP contribution in [0.2, 0.25) is 0 Å². The highest BCUT2D eigenvalue weighted by atomic mass is 32.2. The number of sulfone groups is 1. The van der Waals surface area contributed by atoms with E-state index in [4.69, 9.17) is 10.5 Å². The number of ether oxygens (including phenoxy) is 1. The zero-order chi connectivity index (χ0) is 15.2. The van der Waals surface area contributed by atoms with Gasteiger partial charge in [-0.3, -0.25) is 0 Å². The standard InChI is InChI=1S/C15H25NO3S/c1-4-6-9-20(17,18)11-14-10-13(12(3)16)7-8-15(14)19-5-2/h7-8,10,12H,4-6,9,11,16H2,1-3H3. The number of hydrogen-bond donors (Lipinski definition) is 1. The first kappa shape index (κ1) is 17.0. The molecule has 0 saturated heterocycles. The van der Waals surface area contributed by atoms with Crippen LogP contribution >= 0.6 is 0 Å². The predicted octanol–water partition coefficient (Wildman–Crippen LogP) is 2.82. The normalized spacial score (nSPS) is 13.2. The molecule has 1 rings (SSSR count). The highest BCUT2D eigenvalue weighted by Crippen LogP contribution is 2.25. The van der Waals surface area contributed by atoms with Crippen LogP contribution in [0.15, 0.2) is 18.2 Å². The molecule has 0 aliphatic heterocycles. The Kier molecular flexibility index (Phi) is 6.49. The Bertz CT molecular complexity index is 524. The van der Waals surface area contributed by atoms with Gasteiger partial charge in [0, 0.05) is 11.6 Å². The van der Waals surface area contributed by atoms with Crippen LogP contribution in [0.5, 0.6) is 5.75 Å². The molecule has 1 unspecified atom stereocenters. The van der Waals surface area contributed by atoms with Gasteiger partial charge in [0.1, 0.15) is 5.75 Å². The molecule has 1 aromatic carbocycles. The summed E-state index contributed by atoms with van der Waals surface area (Å²) < 4.78 is 29.7. The smallest absolute Gasteiger partial charge is 0.154 e. The third-order valence-electron chi connectivity index (χ3n) is 3.09. The van der Waals surface area contributed by atoms with Gasteiger partial charge in [-0.25, -0.2) is 8.42 Å². The Balaban J connectivity index is 3.03. The van der Waals surface area contributed by atoms with E-state index in [1.54, 1.807) is 0 Å². The van der Waals surface area contributed by atoms with Gasteiger partial charge in [-0.1, -0.05) is 19.4 Å². The molecule has 1 atom stereocenters.